The number of hydrogen-bond donors (Lipinski definition) is 1. The molecule has 2 rings (SSSR count). The van der Waals surface area contributed by atoms with Gasteiger partial charge in [-0.25, -0.2) is 4.39 Å². The van der Waals surface area contributed by atoms with E-state index in [1.165, 1.54) is 19.2 Å². The van der Waals surface area contributed by atoms with Crippen LogP contribution in [0.15, 0.2) is 42.5 Å². The zero-order valence-corrected chi connectivity index (χ0v) is 13.5. The first-order valence-corrected chi connectivity index (χ1v) is 7.57. The van der Waals surface area contributed by atoms with Gasteiger partial charge in [-0.05, 0) is 41.7 Å². The van der Waals surface area contributed by atoms with Gasteiger partial charge in [-0.15, -0.1) is 0 Å². The SMILES string of the molecule is COc1ccc(C(C)C)cc1C(Cc1cccc(F)c1)C(=O)O. The van der Waals surface area contributed by atoms with E-state index in [1.54, 1.807) is 18.2 Å². The Kier molecular flexibility index (Phi) is 5.37. The van der Waals surface area contributed by atoms with E-state index in [0.717, 1.165) is 5.56 Å². The van der Waals surface area contributed by atoms with Crippen molar-refractivity contribution in [1.29, 1.82) is 0 Å². The minimum Gasteiger partial charge on any atom is -0.496 e. The minimum atomic E-state index is -0.950. The number of hydrogen-bond acceptors (Lipinski definition) is 2. The van der Waals surface area contributed by atoms with Gasteiger partial charge < -0.3 is 9.84 Å². The quantitative estimate of drug-likeness (QED) is 0.861. The van der Waals surface area contributed by atoms with Gasteiger partial charge in [0.05, 0.1) is 13.0 Å². The van der Waals surface area contributed by atoms with Crippen molar-refractivity contribution in [3.05, 3.63) is 65.0 Å². The van der Waals surface area contributed by atoms with Gasteiger partial charge in [0.25, 0.3) is 0 Å². The van der Waals surface area contributed by atoms with Crippen molar-refractivity contribution < 1.29 is 19.0 Å². The molecule has 2 aromatic carbocycles. The van der Waals surface area contributed by atoms with Crippen LogP contribution >= 0.6 is 0 Å². The molecule has 1 atom stereocenters. The third-order valence-corrected chi connectivity index (χ3v) is 3.92. The standard InChI is InChI=1S/C19H21FO3/c1-12(2)14-7-8-18(23-3)16(11-14)17(19(21)22)10-13-5-4-6-15(20)9-13/h4-9,11-12,17H,10H2,1-3H3,(H,21,22). The maximum atomic E-state index is 13.4. The molecule has 122 valence electrons. The topological polar surface area (TPSA) is 46.5 Å². The number of ether oxygens (including phenoxy) is 1. The molecule has 0 radical (unpaired) electrons. The summed E-state index contributed by atoms with van der Waals surface area (Å²) in [7, 11) is 1.52. The largest absolute Gasteiger partial charge is 0.496 e. The number of carboxylic acids is 1. The second-order valence-electron chi connectivity index (χ2n) is 5.88. The predicted octanol–water partition coefficient (Wildman–Crippen LogP) is 4.37. The molecule has 23 heavy (non-hydrogen) atoms. The fourth-order valence-electron chi connectivity index (χ4n) is 2.61. The van der Waals surface area contributed by atoms with E-state index in [4.69, 9.17) is 4.74 Å². The Bertz CT molecular complexity index is 695. The highest BCUT2D eigenvalue weighted by atomic mass is 19.1. The molecular formula is C19H21FO3. The Hall–Kier alpha value is -2.36. The number of rotatable bonds is 6. The number of benzene rings is 2. The maximum absolute atomic E-state index is 13.4. The number of carboxylic acid groups (broad SMARTS) is 1. The molecule has 1 N–H and O–H groups in total. The average Bonchev–Trinajstić information content (AvgIpc) is 2.51. The van der Waals surface area contributed by atoms with Gasteiger partial charge >= 0.3 is 5.97 Å². The Morgan fingerprint density at radius 3 is 2.52 bits per heavy atom. The van der Waals surface area contributed by atoms with E-state index in [-0.39, 0.29) is 18.2 Å². The van der Waals surface area contributed by atoms with Crippen LogP contribution in [0, 0.1) is 5.82 Å². The lowest BCUT2D eigenvalue weighted by molar-refractivity contribution is -0.138. The highest BCUT2D eigenvalue weighted by Gasteiger charge is 2.24. The van der Waals surface area contributed by atoms with Crippen molar-refractivity contribution in [2.24, 2.45) is 0 Å². The van der Waals surface area contributed by atoms with Crippen molar-refractivity contribution in [2.75, 3.05) is 7.11 Å². The van der Waals surface area contributed by atoms with Crippen LogP contribution in [0.1, 0.15) is 42.4 Å². The van der Waals surface area contributed by atoms with Crippen LogP contribution in [-0.2, 0) is 11.2 Å². The second kappa shape index (κ2) is 7.27. The molecule has 0 saturated carbocycles. The summed E-state index contributed by atoms with van der Waals surface area (Å²) >= 11 is 0. The van der Waals surface area contributed by atoms with Crippen molar-refractivity contribution in [3.63, 3.8) is 0 Å². The highest BCUT2D eigenvalue weighted by molar-refractivity contribution is 5.78. The summed E-state index contributed by atoms with van der Waals surface area (Å²) in [5.74, 6) is -1.28. The monoisotopic (exact) mass is 316 g/mol. The highest BCUT2D eigenvalue weighted by Crippen LogP contribution is 2.32. The van der Waals surface area contributed by atoms with Crippen molar-refractivity contribution in [1.82, 2.24) is 0 Å². The van der Waals surface area contributed by atoms with Crippen molar-refractivity contribution in [2.45, 2.75) is 32.1 Å². The lowest BCUT2D eigenvalue weighted by Crippen LogP contribution is -2.16. The number of methoxy groups -OCH3 is 1. The van der Waals surface area contributed by atoms with Crippen LogP contribution in [-0.4, -0.2) is 18.2 Å². The molecular weight excluding hydrogens is 295 g/mol. The molecule has 2 aromatic rings. The number of aliphatic carboxylic acids is 1. The van der Waals surface area contributed by atoms with Crippen molar-refractivity contribution >= 4 is 5.97 Å². The van der Waals surface area contributed by atoms with E-state index >= 15 is 0 Å². The zero-order valence-electron chi connectivity index (χ0n) is 13.5. The molecule has 0 bridgehead atoms. The lowest BCUT2D eigenvalue weighted by Gasteiger charge is -2.18. The molecule has 0 aliphatic rings. The molecule has 0 saturated heterocycles. The first kappa shape index (κ1) is 17.0. The van der Waals surface area contributed by atoms with Gasteiger partial charge in [-0.1, -0.05) is 38.1 Å². The first-order chi connectivity index (χ1) is 10.9. The van der Waals surface area contributed by atoms with Gasteiger partial charge in [0.2, 0.25) is 0 Å². The summed E-state index contributed by atoms with van der Waals surface area (Å²) in [6, 6.07) is 11.7. The van der Waals surface area contributed by atoms with E-state index in [1.807, 2.05) is 26.0 Å². The van der Waals surface area contributed by atoms with Gasteiger partial charge in [0.15, 0.2) is 0 Å². The van der Waals surface area contributed by atoms with Crippen molar-refractivity contribution in [3.8, 4) is 5.75 Å². The van der Waals surface area contributed by atoms with E-state index in [9.17, 15) is 14.3 Å². The fourth-order valence-corrected chi connectivity index (χ4v) is 2.61. The summed E-state index contributed by atoms with van der Waals surface area (Å²) in [5, 5.41) is 9.66. The molecule has 3 nitrogen and oxygen atoms in total. The Balaban J connectivity index is 2.44. The molecule has 0 aliphatic heterocycles. The summed E-state index contributed by atoms with van der Waals surface area (Å²) < 4.78 is 18.7. The van der Waals surface area contributed by atoms with E-state index in [2.05, 4.69) is 0 Å². The summed E-state index contributed by atoms with van der Waals surface area (Å²) in [6.45, 7) is 4.10. The number of carbonyl (C=O) groups is 1. The van der Waals surface area contributed by atoms with Gasteiger partial charge in [-0.2, -0.15) is 0 Å². The molecule has 4 heteroatoms. The molecule has 0 fully saturated rings. The molecule has 0 aromatic heterocycles. The van der Waals surface area contributed by atoms with Crippen LogP contribution in [0.4, 0.5) is 4.39 Å². The molecule has 1 unspecified atom stereocenters. The molecule has 0 spiro atoms. The second-order valence-corrected chi connectivity index (χ2v) is 5.88. The van der Waals surface area contributed by atoms with Gasteiger partial charge in [0, 0.05) is 5.56 Å². The molecule has 0 aliphatic carbocycles. The maximum Gasteiger partial charge on any atom is 0.311 e. The predicted molar refractivity (Wildman–Crippen MR) is 87.6 cm³/mol. The lowest BCUT2D eigenvalue weighted by atomic mass is 9.88. The Morgan fingerprint density at radius 1 is 1.22 bits per heavy atom. The number of halogens is 1. The van der Waals surface area contributed by atoms with E-state index < -0.39 is 11.9 Å². The van der Waals surface area contributed by atoms with Crippen LogP contribution in [0.3, 0.4) is 0 Å². The minimum absolute atomic E-state index is 0.213. The van der Waals surface area contributed by atoms with Crippen LogP contribution in [0.5, 0.6) is 5.75 Å². The van der Waals surface area contributed by atoms with Crippen LogP contribution in [0.25, 0.3) is 0 Å². The van der Waals surface area contributed by atoms with Gasteiger partial charge in [-0.3, -0.25) is 4.79 Å². The fraction of sp³-hybridized carbons (Fsp3) is 0.316. The molecule has 0 amide bonds. The average molecular weight is 316 g/mol. The molecule has 0 heterocycles. The smallest absolute Gasteiger partial charge is 0.311 e. The van der Waals surface area contributed by atoms with Crippen LogP contribution < -0.4 is 4.74 Å². The summed E-state index contributed by atoms with van der Waals surface area (Å²) in [5.41, 5.74) is 2.32. The third-order valence-electron chi connectivity index (χ3n) is 3.92. The summed E-state index contributed by atoms with van der Waals surface area (Å²) in [4.78, 5) is 11.8. The van der Waals surface area contributed by atoms with E-state index in [0.29, 0.717) is 16.9 Å². The Morgan fingerprint density at radius 2 is 1.96 bits per heavy atom. The normalized spacial score (nSPS) is 12.2. The zero-order chi connectivity index (χ0) is 17.0. The first-order valence-electron chi connectivity index (χ1n) is 7.57. The summed E-state index contributed by atoms with van der Waals surface area (Å²) in [6.07, 6.45) is 0.213. The Labute approximate surface area is 135 Å². The van der Waals surface area contributed by atoms with Crippen LogP contribution in [0.2, 0.25) is 0 Å². The van der Waals surface area contributed by atoms with Gasteiger partial charge in [0.1, 0.15) is 11.6 Å². The third kappa shape index (κ3) is 4.09.